The van der Waals surface area contributed by atoms with Crippen molar-refractivity contribution in [2.75, 3.05) is 26.2 Å². The first-order valence-corrected chi connectivity index (χ1v) is 12.1. The Kier molecular flexibility index (Phi) is 5.50. The van der Waals surface area contributed by atoms with Crippen LogP contribution in [-0.4, -0.2) is 60.9 Å². The quantitative estimate of drug-likeness (QED) is 0.746. The molecule has 2 aliphatic heterocycles. The fourth-order valence-electron chi connectivity index (χ4n) is 5.16. The Hall–Kier alpha value is -1.45. The molecule has 0 bridgehead atoms. The second-order valence-corrected chi connectivity index (χ2v) is 11.0. The van der Waals surface area contributed by atoms with Gasteiger partial charge in [-0.1, -0.05) is 18.0 Å². The number of amides is 1. The second-order valence-electron chi connectivity index (χ2n) is 9.12. The van der Waals surface area contributed by atoms with Crippen LogP contribution >= 0.6 is 0 Å². The Labute approximate surface area is 172 Å². The zero-order valence-corrected chi connectivity index (χ0v) is 18.2. The number of carbonyl (C=O) groups excluding carboxylic acids is 1. The number of aromatic nitrogens is 1. The summed E-state index contributed by atoms with van der Waals surface area (Å²) in [6.07, 6.45) is 6.67. The van der Waals surface area contributed by atoms with E-state index < -0.39 is 10.0 Å². The third-order valence-electron chi connectivity index (χ3n) is 7.16. The van der Waals surface area contributed by atoms with Crippen molar-refractivity contribution in [2.24, 2.45) is 17.1 Å². The third kappa shape index (κ3) is 3.96. The summed E-state index contributed by atoms with van der Waals surface area (Å²) in [5.74, 6) is 0.898. The van der Waals surface area contributed by atoms with Crippen molar-refractivity contribution in [3.8, 4) is 0 Å². The first-order valence-electron chi connectivity index (χ1n) is 10.7. The lowest BCUT2D eigenvalue weighted by Gasteiger charge is -2.45. The molecule has 2 saturated heterocycles. The van der Waals surface area contributed by atoms with E-state index in [0.29, 0.717) is 36.5 Å². The van der Waals surface area contributed by atoms with Gasteiger partial charge in [-0.15, -0.1) is 0 Å². The maximum atomic E-state index is 13.0. The lowest BCUT2D eigenvalue weighted by atomic mass is 9.73. The summed E-state index contributed by atoms with van der Waals surface area (Å²) in [4.78, 5) is 14.8. The van der Waals surface area contributed by atoms with Crippen molar-refractivity contribution in [3.63, 3.8) is 0 Å². The number of primary amides is 1. The summed E-state index contributed by atoms with van der Waals surface area (Å²) in [5.41, 5.74) is 5.88. The van der Waals surface area contributed by atoms with Gasteiger partial charge in [-0.25, -0.2) is 8.42 Å². The van der Waals surface area contributed by atoms with E-state index in [-0.39, 0.29) is 16.2 Å². The van der Waals surface area contributed by atoms with Crippen molar-refractivity contribution in [1.82, 2.24) is 14.4 Å². The molecule has 0 radical (unpaired) electrons. The fourth-order valence-corrected chi connectivity index (χ4v) is 6.92. The zero-order valence-electron chi connectivity index (χ0n) is 17.4. The molecule has 1 aliphatic carbocycles. The van der Waals surface area contributed by atoms with Crippen molar-refractivity contribution in [2.45, 2.75) is 69.7 Å². The Balaban J connectivity index is 1.35. The van der Waals surface area contributed by atoms with Gasteiger partial charge >= 0.3 is 0 Å². The second kappa shape index (κ2) is 7.67. The third-order valence-corrected chi connectivity index (χ3v) is 9.30. The predicted octanol–water partition coefficient (Wildman–Crippen LogP) is 1.81. The molecular formula is C20H32N4O4S. The van der Waals surface area contributed by atoms with Gasteiger partial charge in [0.1, 0.15) is 10.6 Å². The summed E-state index contributed by atoms with van der Waals surface area (Å²) in [6.45, 7) is 6.04. The Morgan fingerprint density at radius 2 is 1.76 bits per heavy atom. The van der Waals surface area contributed by atoms with Gasteiger partial charge < -0.3 is 15.2 Å². The van der Waals surface area contributed by atoms with Crippen molar-refractivity contribution in [1.29, 1.82) is 0 Å². The van der Waals surface area contributed by atoms with E-state index in [0.717, 1.165) is 45.2 Å². The molecule has 2 N–H and O–H groups in total. The predicted molar refractivity (Wildman–Crippen MR) is 108 cm³/mol. The normalized spacial score (nSPS) is 24.6. The number of hydrogen-bond acceptors (Lipinski definition) is 6. The minimum atomic E-state index is -3.57. The van der Waals surface area contributed by atoms with Gasteiger partial charge in [0.2, 0.25) is 15.9 Å². The highest BCUT2D eigenvalue weighted by Crippen LogP contribution is 2.46. The first-order chi connectivity index (χ1) is 13.7. The maximum Gasteiger partial charge on any atom is 0.248 e. The zero-order chi connectivity index (χ0) is 20.8. The molecule has 1 amide bonds. The molecule has 0 unspecified atom stereocenters. The molecule has 29 heavy (non-hydrogen) atoms. The molecule has 0 atom stereocenters. The van der Waals surface area contributed by atoms with Crippen LogP contribution in [0.2, 0.25) is 0 Å². The molecule has 162 valence electrons. The fraction of sp³-hybridized carbons (Fsp3) is 0.800. The number of carbonyl (C=O) groups is 1. The van der Waals surface area contributed by atoms with Crippen molar-refractivity contribution < 1.29 is 17.7 Å². The highest BCUT2D eigenvalue weighted by molar-refractivity contribution is 7.89. The summed E-state index contributed by atoms with van der Waals surface area (Å²) >= 11 is 0. The first kappa shape index (κ1) is 20.8. The van der Waals surface area contributed by atoms with E-state index >= 15 is 0 Å². The van der Waals surface area contributed by atoms with Gasteiger partial charge in [-0.2, -0.15) is 4.31 Å². The van der Waals surface area contributed by atoms with Crippen LogP contribution in [-0.2, 0) is 14.8 Å². The molecule has 4 rings (SSSR count). The van der Waals surface area contributed by atoms with Crippen molar-refractivity contribution in [3.05, 3.63) is 11.5 Å². The number of piperidine rings is 2. The molecule has 3 heterocycles. The summed E-state index contributed by atoms with van der Waals surface area (Å²) < 4.78 is 32.6. The minimum Gasteiger partial charge on any atom is -0.369 e. The topological polar surface area (TPSA) is 110 Å². The summed E-state index contributed by atoms with van der Waals surface area (Å²) in [6, 6.07) is 0.359. The van der Waals surface area contributed by atoms with Crippen LogP contribution in [0.25, 0.3) is 0 Å². The molecule has 3 fully saturated rings. The van der Waals surface area contributed by atoms with Crippen LogP contribution in [0.3, 0.4) is 0 Å². The number of nitrogens with two attached hydrogens (primary N) is 1. The number of likely N-dealkylation sites (tertiary alicyclic amines) is 1. The van der Waals surface area contributed by atoms with Crippen LogP contribution in [0.15, 0.2) is 9.42 Å². The average Bonchev–Trinajstić information content (AvgIpc) is 3.44. The summed E-state index contributed by atoms with van der Waals surface area (Å²) in [5, 5.41) is 3.79. The van der Waals surface area contributed by atoms with Gasteiger partial charge in [0.05, 0.1) is 5.41 Å². The lowest BCUT2D eigenvalue weighted by Crippen LogP contribution is -2.53. The maximum absolute atomic E-state index is 13.0. The van der Waals surface area contributed by atoms with Crippen LogP contribution < -0.4 is 5.73 Å². The molecule has 8 nitrogen and oxygen atoms in total. The van der Waals surface area contributed by atoms with Gasteiger partial charge in [0, 0.05) is 19.1 Å². The van der Waals surface area contributed by atoms with E-state index in [1.54, 1.807) is 18.2 Å². The van der Waals surface area contributed by atoms with Gasteiger partial charge in [-0.05, 0) is 65.0 Å². The Bertz CT molecular complexity index is 842. The molecule has 1 aromatic rings. The molecular weight excluding hydrogens is 392 g/mol. The number of sulfonamides is 1. The average molecular weight is 425 g/mol. The standard InChI is InChI=1S/C20H32N4O4S/c1-14-18(15(2)28-22-14)29(26,27)24-9-5-17(6-10-24)23-11-7-20(8-12-23,19(21)25)13-16-3-4-16/h16-17H,3-13H2,1-2H3,(H2,21,25). The highest BCUT2D eigenvalue weighted by atomic mass is 32.2. The molecule has 3 aliphatic rings. The smallest absolute Gasteiger partial charge is 0.248 e. The SMILES string of the molecule is Cc1noc(C)c1S(=O)(=O)N1CCC(N2CCC(CC3CC3)(C(N)=O)CC2)CC1. The van der Waals surface area contributed by atoms with Crippen LogP contribution in [0.4, 0.5) is 0 Å². The largest absolute Gasteiger partial charge is 0.369 e. The highest BCUT2D eigenvalue weighted by Gasteiger charge is 2.45. The van der Waals surface area contributed by atoms with Crippen LogP contribution in [0.5, 0.6) is 0 Å². The van der Waals surface area contributed by atoms with E-state index in [1.807, 2.05) is 0 Å². The molecule has 1 aromatic heterocycles. The Morgan fingerprint density at radius 1 is 1.14 bits per heavy atom. The number of aryl methyl sites for hydroxylation is 2. The number of rotatable bonds is 6. The molecule has 9 heteroatoms. The van der Waals surface area contributed by atoms with E-state index in [1.165, 1.54) is 12.8 Å². The van der Waals surface area contributed by atoms with Gasteiger partial charge in [0.15, 0.2) is 5.76 Å². The van der Waals surface area contributed by atoms with Crippen molar-refractivity contribution >= 4 is 15.9 Å². The minimum absolute atomic E-state index is 0.135. The lowest BCUT2D eigenvalue weighted by molar-refractivity contribution is -0.131. The molecule has 0 aromatic carbocycles. The van der Waals surface area contributed by atoms with Crippen LogP contribution in [0.1, 0.15) is 56.4 Å². The van der Waals surface area contributed by atoms with Gasteiger partial charge in [0.25, 0.3) is 0 Å². The Morgan fingerprint density at radius 3 is 2.24 bits per heavy atom. The van der Waals surface area contributed by atoms with E-state index in [9.17, 15) is 13.2 Å². The number of nitrogens with zero attached hydrogens (tertiary/aromatic N) is 3. The summed E-state index contributed by atoms with van der Waals surface area (Å²) in [7, 11) is -3.57. The van der Waals surface area contributed by atoms with Crippen LogP contribution in [0, 0.1) is 25.2 Å². The molecule has 0 spiro atoms. The van der Waals surface area contributed by atoms with E-state index in [2.05, 4.69) is 10.1 Å². The van der Waals surface area contributed by atoms with E-state index in [4.69, 9.17) is 10.3 Å². The van der Waals surface area contributed by atoms with Gasteiger partial charge in [-0.3, -0.25) is 4.79 Å². The molecule has 1 saturated carbocycles. The monoisotopic (exact) mass is 424 g/mol. The number of hydrogen-bond donors (Lipinski definition) is 1.